The van der Waals surface area contributed by atoms with Crippen molar-refractivity contribution in [3.63, 3.8) is 0 Å². The molecule has 0 aliphatic carbocycles. The number of nitrogens with zero attached hydrogens (tertiary/aromatic N) is 1. The summed E-state index contributed by atoms with van der Waals surface area (Å²) in [6.07, 6.45) is 1.50. The van der Waals surface area contributed by atoms with Crippen molar-refractivity contribution in [1.82, 2.24) is 0 Å². The van der Waals surface area contributed by atoms with Crippen molar-refractivity contribution in [1.29, 1.82) is 0 Å². The molecule has 1 aromatic rings. The second-order valence-electron chi connectivity index (χ2n) is 4.24. The van der Waals surface area contributed by atoms with Crippen molar-refractivity contribution in [2.45, 2.75) is 25.5 Å². The molecule has 88 valence electrons. The molecule has 0 fully saturated rings. The van der Waals surface area contributed by atoms with Gasteiger partial charge in [0.2, 0.25) is 0 Å². The molecule has 0 N–H and O–H groups in total. The second kappa shape index (κ2) is 5.30. The number of rotatable bonds is 2. The first-order valence-electron chi connectivity index (χ1n) is 4.72. The molecule has 0 saturated carbocycles. The SMILES string of the molecule is CC(C)(C)[S@@](=O)N=Cc1cccc(Cl)c1Cl. The van der Waals surface area contributed by atoms with Crippen LogP contribution in [0.1, 0.15) is 26.3 Å². The van der Waals surface area contributed by atoms with Crippen LogP contribution < -0.4 is 0 Å². The quantitative estimate of drug-likeness (QED) is 0.755. The Morgan fingerprint density at radius 1 is 1.31 bits per heavy atom. The van der Waals surface area contributed by atoms with Gasteiger partial charge < -0.3 is 0 Å². The summed E-state index contributed by atoms with van der Waals surface area (Å²) in [5, 5.41) is 0.894. The highest BCUT2D eigenvalue weighted by Crippen LogP contribution is 2.24. The first kappa shape index (κ1) is 13.7. The topological polar surface area (TPSA) is 29.4 Å². The highest BCUT2D eigenvalue weighted by Gasteiger charge is 2.18. The van der Waals surface area contributed by atoms with E-state index < -0.39 is 11.0 Å². The molecule has 0 aliphatic rings. The average molecular weight is 278 g/mol. The summed E-state index contributed by atoms with van der Waals surface area (Å²) in [4.78, 5) is 0. The van der Waals surface area contributed by atoms with E-state index in [2.05, 4.69) is 4.40 Å². The van der Waals surface area contributed by atoms with Crippen LogP contribution in [0.4, 0.5) is 0 Å². The standard InChI is InChI=1S/C11H13Cl2NOS/c1-11(2,3)16(15)14-7-8-5-4-6-9(12)10(8)13/h4-7H,1-3H3/t16-/m1/s1. The maximum absolute atomic E-state index is 11.7. The van der Waals surface area contributed by atoms with Crippen LogP contribution >= 0.6 is 23.2 Å². The van der Waals surface area contributed by atoms with E-state index in [9.17, 15) is 4.21 Å². The van der Waals surface area contributed by atoms with E-state index in [1.54, 1.807) is 18.2 Å². The van der Waals surface area contributed by atoms with Gasteiger partial charge in [0, 0.05) is 11.8 Å². The third-order valence-corrected chi connectivity index (χ3v) is 3.97. The van der Waals surface area contributed by atoms with Gasteiger partial charge in [-0.25, -0.2) is 4.21 Å². The van der Waals surface area contributed by atoms with Crippen molar-refractivity contribution < 1.29 is 4.21 Å². The van der Waals surface area contributed by atoms with Crippen LogP contribution in [0.3, 0.4) is 0 Å². The number of halogens is 2. The first-order chi connectivity index (χ1) is 7.32. The van der Waals surface area contributed by atoms with E-state index >= 15 is 0 Å². The molecule has 0 saturated heterocycles. The molecular formula is C11H13Cl2NOS. The summed E-state index contributed by atoms with van der Waals surface area (Å²) < 4.78 is 15.3. The van der Waals surface area contributed by atoms with Crippen LogP contribution in [0.25, 0.3) is 0 Å². The van der Waals surface area contributed by atoms with Crippen molar-refractivity contribution in [3.05, 3.63) is 33.8 Å². The van der Waals surface area contributed by atoms with Gasteiger partial charge in [0.15, 0.2) is 0 Å². The Hall–Kier alpha value is -0.380. The number of benzene rings is 1. The fraction of sp³-hybridized carbons (Fsp3) is 0.364. The molecule has 5 heteroatoms. The van der Waals surface area contributed by atoms with Gasteiger partial charge in [-0.2, -0.15) is 4.40 Å². The summed E-state index contributed by atoms with van der Waals surface area (Å²) in [5.41, 5.74) is 0.673. The summed E-state index contributed by atoms with van der Waals surface area (Å²) in [7, 11) is -1.28. The van der Waals surface area contributed by atoms with Gasteiger partial charge in [-0.05, 0) is 26.8 Å². The normalized spacial score (nSPS) is 14.3. The summed E-state index contributed by atoms with van der Waals surface area (Å²) in [5.74, 6) is 0. The van der Waals surface area contributed by atoms with Crippen LogP contribution in [0.15, 0.2) is 22.6 Å². The average Bonchev–Trinajstić information content (AvgIpc) is 2.18. The largest absolute Gasteiger partial charge is 0.234 e. The maximum Gasteiger partial charge on any atom is 0.144 e. The Morgan fingerprint density at radius 3 is 2.50 bits per heavy atom. The molecule has 0 aromatic heterocycles. The van der Waals surface area contributed by atoms with Crippen LogP contribution in [-0.2, 0) is 11.0 Å². The Balaban J connectivity index is 2.94. The van der Waals surface area contributed by atoms with Crippen LogP contribution in [0.5, 0.6) is 0 Å². The third-order valence-electron chi connectivity index (χ3n) is 1.79. The van der Waals surface area contributed by atoms with Gasteiger partial charge in [-0.1, -0.05) is 35.3 Å². The van der Waals surface area contributed by atoms with Gasteiger partial charge in [0.1, 0.15) is 11.0 Å². The van der Waals surface area contributed by atoms with Crippen LogP contribution in [-0.4, -0.2) is 15.2 Å². The van der Waals surface area contributed by atoms with Gasteiger partial charge in [-0.3, -0.25) is 0 Å². The first-order valence-corrected chi connectivity index (χ1v) is 6.58. The van der Waals surface area contributed by atoms with Gasteiger partial charge in [0.25, 0.3) is 0 Å². The lowest BCUT2D eigenvalue weighted by molar-refractivity contribution is 0.651. The fourth-order valence-corrected chi connectivity index (χ4v) is 1.77. The summed E-state index contributed by atoms with van der Waals surface area (Å²) in [6, 6.07) is 5.25. The molecule has 0 bridgehead atoms. The molecule has 0 radical (unpaired) electrons. The zero-order valence-electron chi connectivity index (χ0n) is 9.33. The van der Waals surface area contributed by atoms with E-state index in [1.807, 2.05) is 20.8 Å². The number of hydrogen-bond acceptors (Lipinski definition) is 1. The van der Waals surface area contributed by atoms with Gasteiger partial charge in [0.05, 0.1) is 14.8 Å². The lowest BCUT2D eigenvalue weighted by Crippen LogP contribution is -2.19. The van der Waals surface area contributed by atoms with Crippen LogP contribution in [0.2, 0.25) is 10.0 Å². The molecular weight excluding hydrogens is 265 g/mol. The summed E-state index contributed by atoms with van der Waals surface area (Å²) >= 11 is 11.8. The Kier molecular flexibility index (Phi) is 4.53. The maximum atomic E-state index is 11.7. The monoisotopic (exact) mass is 277 g/mol. The van der Waals surface area contributed by atoms with E-state index in [0.717, 1.165) is 0 Å². The van der Waals surface area contributed by atoms with E-state index in [4.69, 9.17) is 23.2 Å². The summed E-state index contributed by atoms with van der Waals surface area (Å²) in [6.45, 7) is 5.58. The van der Waals surface area contributed by atoms with E-state index in [-0.39, 0.29) is 4.75 Å². The zero-order chi connectivity index (χ0) is 12.3. The lowest BCUT2D eigenvalue weighted by atomic mass is 10.2. The van der Waals surface area contributed by atoms with Crippen molar-refractivity contribution in [2.75, 3.05) is 0 Å². The third kappa shape index (κ3) is 3.58. The lowest BCUT2D eigenvalue weighted by Gasteiger charge is -2.12. The minimum absolute atomic E-state index is 0.373. The predicted octanol–water partition coefficient (Wildman–Crippen LogP) is 3.87. The van der Waals surface area contributed by atoms with Crippen molar-refractivity contribution >= 4 is 40.4 Å². The highest BCUT2D eigenvalue weighted by molar-refractivity contribution is 7.85. The molecule has 0 amide bonds. The number of hydrogen-bond donors (Lipinski definition) is 0. The molecule has 1 rings (SSSR count). The van der Waals surface area contributed by atoms with Gasteiger partial charge >= 0.3 is 0 Å². The molecule has 1 aromatic carbocycles. The second-order valence-corrected chi connectivity index (χ2v) is 6.96. The predicted molar refractivity (Wildman–Crippen MR) is 72.0 cm³/mol. The van der Waals surface area contributed by atoms with E-state index in [1.165, 1.54) is 6.21 Å². The minimum atomic E-state index is -1.28. The van der Waals surface area contributed by atoms with Crippen molar-refractivity contribution in [3.8, 4) is 0 Å². The highest BCUT2D eigenvalue weighted by atomic mass is 35.5. The molecule has 16 heavy (non-hydrogen) atoms. The Morgan fingerprint density at radius 2 is 1.94 bits per heavy atom. The van der Waals surface area contributed by atoms with Gasteiger partial charge in [-0.15, -0.1) is 0 Å². The Bertz CT molecular complexity index is 438. The van der Waals surface area contributed by atoms with Crippen molar-refractivity contribution in [2.24, 2.45) is 4.40 Å². The molecule has 0 heterocycles. The molecule has 0 unspecified atom stereocenters. The van der Waals surface area contributed by atoms with Crippen LogP contribution in [0, 0.1) is 0 Å². The smallest absolute Gasteiger partial charge is 0.144 e. The van der Waals surface area contributed by atoms with E-state index in [0.29, 0.717) is 15.6 Å². The Labute approximate surface area is 108 Å². The molecule has 2 nitrogen and oxygen atoms in total. The minimum Gasteiger partial charge on any atom is -0.234 e. The molecule has 0 aliphatic heterocycles. The fourth-order valence-electron chi connectivity index (χ4n) is 0.883. The molecule has 0 spiro atoms. The zero-order valence-corrected chi connectivity index (χ0v) is 11.7. The molecule has 1 atom stereocenters.